The van der Waals surface area contributed by atoms with Crippen molar-refractivity contribution in [1.29, 1.82) is 0 Å². The second kappa shape index (κ2) is 6.50. The van der Waals surface area contributed by atoms with Crippen LogP contribution in [0.15, 0.2) is 29.2 Å². The highest BCUT2D eigenvalue weighted by Crippen LogP contribution is 2.32. The van der Waals surface area contributed by atoms with E-state index >= 15 is 0 Å². The monoisotopic (exact) mass is 295 g/mol. The van der Waals surface area contributed by atoms with Gasteiger partial charge in [0.15, 0.2) is 0 Å². The molecule has 1 aromatic rings. The van der Waals surface area contributed by atoms with Crippen LogP contribution in [0, 0.1) is 0 Å². The summed E-state index contributed by atoms with van der Waals surface area (Å²) in [7, 11) is 3.09. The van der Waals surface area contributed by atoms with Crippen LogP contribution in [0.25, 0.3) is 0 Å². The quantitative estimate of drug-likeness (QED) is 0.618. The third kappa shape index (κ3) is 3.67. The Labute approximate surface area is 124 Å². The van der Waals surface area contributed by atoms with Gasteiger partial charge in [-0.1, -0.05) is 12.1 Å². The largest absolute Gasteiger partial charge is 0.496 e. The van der Waals surface area contributed by atoms with Crippen molar-refractivity contribution in [3.8, 4) is 5.75 Å². The highest BCUT2D eigenvalue weighted by molar-refractivity contribution is 7.99. The van der Waals surface area contributed by atoms with Gasteiger partial charge in [-0.05, 0) is 31.9 Å². The molecule has 1 unspecified atom stereocenters. The van der Waals surface area contributed by atoms with E-state index in [1.54, 1.807) is 18.9 Å². The van der Waals surface area contributed by atoms with Crippen molar-refractivity contribution in [2.24, 2.45) is 0 Å². The van der Waals surface area contributed by atoms with Crippen LogP contribution < -0.4 is 10.1 Å². The predicted molar refractivity (Wildman–Crippen MR) is 80.3 cm³/mol. The summed E-state index contributed by atoms with van der Waals surface area (Å²) < 4.78 is 10.3. The van der Waals surface area contributed by atoms with E-state index in [2.05, 4.69) is 5.32 Å². The molecule has 5 heteroatoms. The van der Waals surface area contributed by atoms with Gasteiger partial charge in [0.05, 0.1) is 14.2 Å². The van der Waals surface area contributed by atoms with E-state index < -0.39 is 5.54 Å². The summed E-state index contributed by atoms with van der Waals surface area (Å²) in [5, 5.41) is 3.39. The summed E-state index contributed by atoms with van der Waals surface area (Å²) in [5.74, 6) is 1.22. The second-order valence-corrected chi connectivity index (χ2v) is 6.20. The first-order chi connectivity index (χ1) is 9.59. The van der Waals surface area contributed by atoms with Crippen molar-refractivity contribution in [2.45, 2.75) is 36.2 Å². The number of nitrogens with one attached hydrogen (secondary N) is 1. The molecule has 4 nitrogen and oxygen atoms in total. The van der Waals surface area contributed by atoms with Crippen molar-refractivity contribution in [2.75, 3.05) is 20.0 Å². The normalized spacial score (nSPS) is 17.4. The molecule has 110 valence electrons. The number of esters is 1. The SMILES string of the molecule is COC(=O)C(C)(CSc1ccccc1OC)NC1CC1. The van der Waals surface area contributed by atoms with Crippen LogP contribution in [0.4, 0.5) is 0 Å². The molecule has 1 aromatic carbocycles. The van der Waals surface area contributed by atoms with Crippen molar-refractivity contribution >= 4 is 17.7 Å². The number of benzene rings is 1. The minimum atomic E-state index is -0.665. The Morgan fingerprint density at radius 3 is 2.70 bits per heavy atom. The first-order valence-corrected chi connectivity index (χ1v) is 7.69. The molecule has 0 saturated heterocycles. The number of methoxy groups -OCH3 is 2. The van der Waals surface area contributed by atoms with Gasteiger partial charge in [-0.3, -0.25) is 10.1 Å². The number of carbonyl (C=O) groups excluding carboxylic acids is 1. The number of hydrogen-bond donors (Lipinski definition) is 1. The van der Waals surface area contributed by atoms with E-state index in [1.165, 1.54) is 7.11 Å². The van der Waals surface area contributed by atoms with Crippen molar-refractivity contribution in [3.63, 3.8) is 0 Å². The van der Waals surface area contributed by atoms with Gasteiger partial charge < -0.3 is 9.47 Å². The maximum absolute atomic E-state index is 12.0. The zero-order valence-corrected chi connectivity index (χ0v) is 13.0. The number of rotatable bonds is 7. The highest BCUT2D eigenvalue weighted by Gasteiger charge is 2.39. The van der Waals surface area contributed by atoms with E-state index in [9.17, 15) is 4.79 Å². The maximum Gasteiger partial charge on any atom is 0.326 e. The first-order valence-electron chi connectivity index (χ1n) is 6.71. The van der Waals surface area contributed by atoms with Gasteiger partial charge >= 0.3 is 5.97 Å². The molecule has 0 amide bonds. The molecule has 2 rings (SSSR count). The van der Waals surface area contributed by atoms with Crippen LogP contribution in [0.3, 0.4) is 0 Å². The van der Waals surface area contributed by atoms with Crippen molar-refractivity contribution in [3.05, 3.63) is 24.3 Å². The average Bonchev–Trinajstić information content (AvgIpc) is 3.28. The number of thioether (sulfide) groups is 1. The van der Waals surface area contributed by atoms with E-state index in [0.29, 0.717) is 11.8 Å². The average molecular weight is 295 g/mol. The lowest BCUT2D eigenvalue weighted by Crippen LogP contribution is -2.53. The molecule has 1 atom stereocenters. The van der Waals surface area contributed by atoms with Gasteiger partial charge in [-0.15, -0.1) is 11.8 Å². The summed E-state index contributed by atoms with van der Waals surface area (Å²) in [6.07, 6.45) is 2.26. The van der Waals surface area contributed by atoms with Crippen LogP contribution >= 0.6 is 11.8 Å². The summed E-state index contributed by atoms with van der Waals surface area (Å²) in [4.78, 5) is 13.1. The Morgan fingerprint density at radius 1 is 1.40 bits per heavy atom. The van der Waals surface area contributed by atoms with E-state index in [0.717, 1.165) is 23.5 Å². The Bertz CT molecular complexity index is 476. The number of hydrogen-bond acceptors (Lipinski definition) is 5. The Balaban J connectivity index is 2.05. The van der Waals surface area contributed by atoms with Crippen molar-refractivity contribution in [1.82, 2.24) is 5.32 Å². The molecule has 1 aliphatic carbocycles. The number of carbonyl (C=O) groups is 1. The molecule has 0 spiro atoms. The van der Waals surface area contributed by atoms with Crippen LogP contribution in [0.5, 0.6) is 5.75 Å². The fraction of sp³-hybridized carbons (Fsp3) is 0.533. The molecule has 0 radical (unpaired) electrons. The van der Waals surface area contributed by atoms with E-state index in [4.69, 9.17) is 9.47 Å². The molecule has 1 N–H and O–H groups in total. The molecule has 0 heterocycles. The van der Waals surface area contributed by atoms with Crippen LogP contribution in [-0.2, 0) is 9.53 Å². The standard InChI is InChI=1S/C15H21NO3S/c1-15(14(17)19-3,16-11-8-9-11)10-20-13-7-5-4-6-12(13)18-2/h4-7,11,16H,8-10H2,1-3H3. The molecule has 1 fully saturated rings. The molecule has 0 aliphatic heterocycles. The summed E-state index contributed by atoms with van der Waals surface area (Å²) in [6.45, 7) is 1.90. The summed E-state index contributed by atoms with van der Waals surface area (Å²) >= 11 is 1.60. The third-order valence-corrected chi connectivity index (χ3v) is 4.69. The lowest BCUT2D eigenvalue weighted by Gasteiger charge is -2.28. The van der Waals surface area contributed by atoms with Gasteiger partial charge in [0, 0.05) is 16.7 Å². The summed E-state index contributed by atoms with van der Waals surface area (Å²) in [6, 6.07) is 8.27. The maximum atomic E-state index is 12.0. The minimum absolute atomic E-state index is 0.216. The Morgan fingerprint density at radius 2 is 2.10 bits per heavy atom. The fourth-order valence-electron chi connectivity index (χ4n) is 2.02. The number of ether oxygens (including phenoxy) is 2. The van der Waals surface area contributed by atoms with Gasteiger partial charge in [-0.25, -0.2) is 0 Å². The van der Waals surface area contributed by atoms with Gasteiger partial charge in [0.25, 0.3) is 0 Å². The third-order valence-electron chi connectivity index (χ3n) is 3.32. The lowest BCUT2D eigenvalue weighted by atomic mass is 10.1. The van der Waals surface area contributed by atoms with Crippen molar-refractivity contribution < 1.29 is 14.3 Å². The highest BCUT2D eigenvalue weighted by atomic mass is 32.2. The Hall–Kier alpha value is -1.20. The smallest absolute Gasteiger partial charge is 0.326 e. The molecule has 0 aromatic heterocycles. The van der Waals surface area contributed by atoms with Gasteiger partial charge in [0.2, 0.25) is 0 Å². The lowest BCUT2D eigenvalue weighted by molar-refractivity contribution is -0.147. The summed E-state index contributed by atoms with van der Waals surface area (Å²) in [5.41, 5.74) is -0.665. The molecular formula is C15H21NO3S. The van der Waals surface area contributed by atoms with Crippen LogP contribution in [0.2, 0.25) is 0 Å². The van der Waals surface area contributed by atoms with Crippen LogP contribution in [-0.4, -0.2) is 37.5 Å². The Kier molecular flexibility index (Phi) is 4.94. The molecule has 0 bridgehead atoms. The van der Waals surface area contributed by atoms with E-state index in [1.807, 2.05) is 31.2 Å². The topological polar surface area (TPSA) is 47.6 Å². The van der Waals surface area contributed by atoms with Gasteiger partial charge in [-0.2, -0.15) is 0 Å². The molecule has 1 saturated carbocycles. The van der Waals surface area contributed by atoms with Gasteiger partial charge in [0.1, 0.15) is 11.3 Å². The number of para-hydroxylation sites is 1. The minimum Gasteiger partial charge on any atom is -0.496 e. The van der Waals surface area contributed by atoms with E-state index in [-0.39, 0.29) is 5.97 Å². The molecular weight excluding hydrogens is 274 g/mol. The van der Waals surface area contributed by atoms with Crippen LogP contribution in [0.1, 0.15) is 19.8 Å². The fourth-order valence-corrected chi connectivity index (χ4v) is 3.14. The second-order valence-electron chi connectivity index (χ2n) is 5.18. The zero-order valence-electron chi connectivity index (χ0n) is 12.1. The zero-order chi connectivity index (χ0) is 14.6. The first kappa shape index (κ1) is 15.2. The molecule has 20 heavy (non-hydrogen) atoms. The molecule has 1 aliphatic rings. The predicted octanol–water partition coefficient (Wildman–Crippen LogP) is 2.47.